The Bertz CT molecular complexity index is 478. The number of nitrogens with one attached hydrogen (secondary N) is 1. The molecule has 23 heavy (non-hydrogen) atoms. The van der Waals surface area contributed by atoms with Gasteiger partial charge in [-0.05, 0) is 70.7 Å². The molecule has 4 nitrogen and oxygen atoms in total. The van der Waals surface area contributed by atoms with Crippen LogP contribution in [0.5, 0.6) is 11.5 Å². The average Bonchev–Trinajstić information content (AvgIpc) is 2.54. The van der Waals surface area contributed by atoms with Crippen molar-refractivity contribution in [3.63, 3.8) is 0 Å². The van der Waals surface area contributed by atoms with Crippen LogP contribution < -0.4 is 14.8 Å². The van der Waals surface area contributed by atoms with E-state index in [-0.39, 0.29) is 12.1 Å². The van der Waals surface area contributed by atoms with E-state index >= 15 is 0 Å². The molecule has 0 spiro atoms. The Balaban J connectivity index is 2.00. The molecule has 4 heteroatoms. The second kappa shape index (κ2) is 9.14. The summed E-state index contributed by atoms with van der Waals surface area (Å²) in [7, 11) is 0. The summed E-state index contributed by atoms with van der Waals surface area (Å²) in [6, 6.07) is 6.22. The highest BCUT2D eigenvalue weighted by atomic mass is 16.5. The first-order valence-electron chi connectivity index (χ1n) is 8.95. The molecule has 0 heterocycles. The van der Waals surface area contributed by atoms with E-state index in [2.05, 4.69) is 18.3 Å². The Morgan fingerprint density at radius 1 is 1.22 bits per heavy atom. The summed E-state index contributed by atoms with van der Waals surface area (Å²) in [5, 5.41) is 13.4. The zero-order chi connectivity index (χ0) is 16.7. The van der Waals surface area contributed by atoms with Crippen molar-refractivity contribution in [2.24, 2.45) is 5.92 Å². The molecule has 1 aliphatic rings. The second-order valence-electron chi connectivity index (χ2n) is 6.38. The highest BCUT2D eigenvalue weighted by Crippen LogP contribution is 2.30. The number of aliphatic hydroxyl groups is 1. The molecule has 1 aliphatic carbocycles. The third-order valence-corrected chi connectivity index (χ3v) is 4.53. The lowest BCUT2D eigenvalue weighted by Crippen LogP contribution is -2.30. The largest absolute Gasteiger partial charge is 0.494 e. The van der Waals surface area contributed by atoms with Crippen LogP contribution in [0, 0.1) is 5.92 Å². The van der Waals surface area contributed by atoms with E-state index in [4.69, 9.17) is 9.47 Å². The van der Waals surface area contributed by atoms with Gasteiger partial charge >= 0.3 is 0 Å². The van der Waals surface area contributed by atoms with Crippen LogP contribution in [0.2, 0.25) is 0 Å². The molecular formula is C19H31NO3. The van der Waals surface area contributed by atoms with E-state index in [0.29, 0.717) is 19.1 Å². The number of aliphatic hydroxyl groups excluding tert-OH is 1. The summed E-state index contributed by atoms with van der Waals surface area (Å²) in [6.07, 6.45) is 4.08. The van der Waals surface area contributed by atoms with Crippen LogP contribution in [-0.4, -0.2) is 31.0 Å². The Morgan fingerprint density at radius 3 is 2.70 bits per heavy atom. The molecule has 0 amide bonds. The first-order chi connectivity index (χ1) is 11.1. The summed E-state index contributed by atoms with van der Waals surface area (Å²) >= 11 is 0. The molecule has 2 N–H and O–H groups in total. The van der Waals surface area contributed by atoms with Crippen LogP contribution in [0.25, 0.3) is 0 Å². The molecule has 1 saturated carbocycles. The highest BCUT2D eigenvalue weighted by Gasteiger charge is 2.21. The van der Waals surface area contributed by atoms with Crippen LogP contribution >= 0.6 is 0 Å². The van der Waals surface area contributed by atoms with E-state index in [1.54, 1.807) is 0 Å². The maximum absolute atomic E-state index is 9.81. The minimum atomic E-state index is -0.119. The summed E-state index contributed by atoms with van der Waals surface area (Å²) in [5.74, 6) is 2.36. The molecule has 3 atom stereocenters. The van der Waals surface area contributed by atoms with Crippen molar-refractivity contribution >= 4 is 0 Å². The van der Waals surface area contributed by atoms with E-state index in [0.717, 1.165) is 42.9 Å². The summed E-state index contributed by atoms with van der Waals surface area (Å²) in [4.78, 5) is 0. The summed E-state index contributed by atoms with van der Waals surface area (Å²) in [6.45, 7) is 8.40. The van der Waals surface area contributed by atoms with Crippen LogP contribution in [0.3, 0.4) is 0 Å². The van der Waals surface area contributed by atoms with Crippen molar-refractivity contribution < 1.29 is 14.6 Å². The molecule has 3 unspecified atom stereocenters. The van der Waals surface area contributed by atoms with Crippen molar-refractivity contribution in [1.29, 1.82) is 0 Å². The van der Waals surface area contributed by atoms with Crippen LogP contribution in [0.4, 0.5) is 0 Å². The third-order valence-electron chi connectivity index (χ3n) is 4.53. The van der Waals surface area contributed by atoms with E-state index in [1.165, 1.54) is 6.42 Å². The van der Waals surface area contributed by atoms with E-state index in [9.17, 15) is 5.11 Å². The van der Waals surface area contributed by atoms with Crippen LogP contribution in [0.15, 0.2) is 18.2 Å². The Kier molecular flexibility index (Phi) is 7.18. The van der Waals surface area contributed by atoms with Gasteiger partial charge in [0.2, 0.25) is 0 Å². The minimum Gasteiger partial charge on any atom is -0.494 e. The first-order valence-corrected chi connectivity index (χ1v) is 8.95. The zero-order valence-corrected chi connectivity index (χ0v) is 14.7. The Labute approximate surface area is 140 Å². The Morgan fingerprint density at radius 2 is 2.00 bits per heavy atom. The van der Waals surface area contributed by atoms with Gasteiger partial charge in [-0.2, -0.15) is 0 Å². The first kappa shape index (κ1) is 18.1. The van der Waals surface area contributed by atoms with Gasteiger partial charge in [0, 0.05) is 11.6 Å². The van der Waals surface area contributed by atoms with Crippen molar-refractivity contribution in [2.75, 3.05) is 19.8 Å². The standard InChI is InChI=1S/C19H31NO3/c1-4-22-17-9-10-19(23-5-2)18(12-17)14(3)20-13-15-7-6-8-16(21)11-15/h9-10,12,14-16,20-21H,4-8,11,13H2,1-3H3. The van der Waals surface area contributed by atoms with Crippen molar-refractivity contribution in [2.45, 2.75) is 58.6 Å². The topological polar surface area (TPSA) is 50.7 Å². The molecular weight excluding hydrogens is 290 g/mol. The quantitative estimate of drug-likeness (QED) is 0.767. The molecule has 0 radical (unpaired) electrons. The fourth-order valence-corrected chi connectivity index (χ4v) is 3.31. The van der Waals surface area contributed by atoms with Crippen molar-refractivity contribution in [1.82, 2.24) is 5.32 Å². The molecule has 2 rings (SSSR count). The zero-order valence-electron chi connectivity index (χ0n) is 14.7. The second-order valence-corrected chi connectivity index (χ2v) is 6.38. The number of hydrogen-bond acceptors (Lipinski definition) is 4. The SMILES string of the molecule is CCOc1ccc(OCC)c(C(C)NCC2CCCC(O)C2)c1. The van der Waals surface area contributed by atoms with Gasteiger partial charge in [-0.1, -0.05) is 6.42 Å². The van der Waals surface area contributed by atoms with Gasteiger partial charge in [-0.15, -0.1) is 0 Å². The predicted molar refractivity (Wildman–Crippen MR) is 93.2 cm³/mol. The lowest BCUT2D eigenvalue weighted by Gasteiger charge is -2.28. The molecule has 1 fully saturated rings. The Hall–Kier alpha value is -1.26. The molecule has 1 aromatic carbocycles. The molecule has 130 valence electrons. The minimum absolute atomic E-state index is 0.119. The molecule has 0 bridgehead atoms. The van der Waals surface area contributed by atoms with Crippen molar-refractivity contribution in [3.8, 4) is 11.5 Å². The normalized spacial score (nSPS) is 22.6. The van der Waals surface area contributed by atoms with Gasteiger partial charge in [-0.3, -0.25) is 0 Å². The summed E-state index contributed by atoms with van der Waals surface area (Å²) < 4.78 is 11.4. The predicted octanol–water partition coefficient (Wildman–Crippen LogP) is 3.69. The smallest absolute Gasteiger partial charge is 0.124 e. The number of hydrogen-bond donors (Lipinski definition) is 2. The van der Waals surface area contributed by atoms with Gasteiger partial charge in [0.15, 0.2) is 0 Å². The fourth-order valence-electron chi connectivity index (χ4n) is 3.31. The van der Waals surface area contributed by atoms with Gasteiger partial charge in [-0.25, -0.2) is 0 Å². The fraction of sp³-hybridized carbons (Fsp3) is 0.684. The van der Waals surface area contributed by atoms with Crippen LogP contribution in [0.1, 0.15) is 58.1 Å². The summed E-state index contributed by atoms with van der Waals surface area (Å²) in [5.41, 5.74) is 1.13. The maximum Gasteiger partial charge on any atom is 0.124 e. The van der Waals surface area contributed by atoms with Gasteiger partial charge in [0.1, 0.15) is 11.5 Å². The third kappa shape index (κ3) is 5.40. The average molecular weight is 321 g/mol. The van der Waals surface area contributed by atoms with E-state index in [1.807, 2.05) is 26.0 Å². The monoisotopic (exact) mass is 321 g/mol. The van der Waals surface area contributed by atoms with Crippen LogP contribution in [-0.2, 0) is 0 Å². The van der Waals surface area contributed by atoms with Gasteiger partial charge in [0.25, 0.3) is 0 Å². The van der Waals surface area contributed by atoms with Gasteiger partial charge in [0.05, 0.1) is 19.3 Å². The highest BCUT2D eigenvalue weighted by molar-refractivity contribution is 5.42. The number of benzene rings is 1. The lowest BCUT2D eigenvalue weighted by molar-refractivity contribution is 0.0997. The van der Waals surface area contributed by atoms with Crippen molar-refractivity contribution in [3.05, 3.63) is 23.8 Å². The van der Waals surface area contributed by atoms with Gasteiger partial charge < -0.3 is 19.9 Å². The molecule has 0 aliphatic heterocycles. The molecule has 0 aromatic heterocycles. The molecule has 0 saturated heterocycles. The number of rotatable bonds is 8. The number of ether oxygens (including phenoxy) is 2. The maximum atomic E-state index is 9.81. The lowest BCUT2D eigenvalue weighted by atomic mass is 9.87. The molecule has 1 aromatic rings. The van der Waals surface area contributed by atoms with E-state index < -0.39 is 0 Å².